The third kappa shape index (κ3) is 2.72. The number of hydrogen-bond donors (Lipinski definition) is 1. The van der Waals surface area contributed by atoms with Crippen LogP contribution in [-0.4, -0.2) is 10.3 Å². The molecule has 1 N–H and O–H groups in total. The van der Waals surface area contributed by atoms with Crippen molar-refractivity contribution in [2.24, 2.45) is 0 Å². The van der Waals surface area contributed by atoms with Gasteiger partial charge in [0, 0.05) is 15.6 Å². The molecule has 1 heterocycles. The lowest BCUT2D eigenvalue weighted by molar-refractivity contribution is 0.281. The number of aryl methyl sites for hydroxylation is 2. The summed E-state index contributed by atoms with van der Waals surface area (Å²) < 4.78 is 6.48. The minimum absolute atomic E-state index is 0.123. The molecule has 112 valence electrons. The Kier molecular flexibility index (Phi) is 4.14. The van der Waals surface area contributed by atoms with Gasteiger partial charge in [-0.15, -0.1) is 0 Å². The van der Waals surface area contributed by atoms with Crippen molar-refractivity contribution >= 4 is 15.9 Å². The Balaban J connectivity index is 2.18. The van der Waals surface area contributed by atoms with Crippen molar-refractivity contribution in [2.45, 2.75) is 20.5 Å². The monoisotopic (exact) mass is 357 g/mol. The average Bonchev–Trinajstić information content (AvgIpc) is 2.90. The Hall–Kier alpha value is -1.91. The molecular formula is C18H16BrNO2. The smallest absolute Gasteiger partial charge is 0.173 e. The largest absolute Gasteiger partial charge is 0.391 e. The first-order valence-corrected chi connectivity index (χ1v) is 7.82. The molecule has 0 unspecified atom stereocenters. The molecule has 22 heavy (non-hydrogen) atoms. The summed E-state index contributed by atoms with van der Waals surface area (Å²) in [6.45, 7) is 3.96. The first-order valence-electron chi connectivity index (χ1n) is 7.03. The number of halogens is 1. The van der Waals surface area contributed by atoms with Crippen LogP contribution >= 0.6 is 15.9 Å². The molecule has 0 amide bonds. The molecule has 3 rings (SSSR count). The minimum Gasteiger partial charge on any atom is -0.391 e. The van der Waals surface area contributed by atoms with Crippen molar-refractivity contribution in [3.05, 3.63) is 63.6 Å². The van der Waals surface area contributed by atoms with Crippen LogP contribution in [0.2, 0.25) is 0 Å². The van der Waals surface area contributed by atoms with Gasteiger partial charge in [-0.05, 0) is 32.0 Å². The third-order valence-corrected chi connectivity index (χ3v) is 4.25. The van der Waals surface area contributed by atoms with E-state index in [0.717, 1.165) is 26.7 Å². The van der Waals surface area contributed by atoms with Crippen molar-refractivity contribution in [1.29, 1.82) is 0 Å². The van der Waals surface area contributed by atoms with Crippen LogP contribution in [0, 0.1) is 13.8 Å². The lowest BCUT2D eigenvalue weighted by Crippen LogP contribution is -1.90. The van der Waals surface area contributed by atoms with Crippen LogP contribution in [0.1, 0.15) is 16.7 Å². The SMILES string of the molecule is Cc1cc(C)cc(-c2onc(-c3ccccc3Br)c2CO)c1. The summed E-state index contributed by atoms with van der Waals surface area (Å²) in [7, 11) is 0. The normalized spacial score (nSPS) is 10.9. The van der Waals surface area contributed by atoms with Crippen LogP contribution in [-0.2, 0) is 6.61 Å². The number of aliphatic hydroxyl groups excluding tert-OH is 1. The van der Waals surface area contributed by atoms with Gasteiger partial charge < -0.3 is 9.63 Å². The fourth-order valence-electron chi connectivity index (χ4n) is 2.65. The van der Waals surface area contributed by atoms with Gasteiger partial charge in [0.2, 0.25) is 0 Å². The molecule has 0 aliphatic rings. The zero-order valence-electron chi connectivity index (χ0n) is 12.4. The highest BCUT2D eigenvalue weighted by Gasteiger charge is 2.20. The van der Waals surface area contributed by atoms with Gasteiger partial charge in [0.25, 0.3) is 0 Å². The highest BCUT2D eigenvalue weighted by molar-refractivity contribution is 9.10. The molecule has 3 nitrogen and oxygen atoms in total. The Morgan fingerprint density at radius 3 is 2.41 bits per heavy atom. The molecule has 0 atom stereocenters. The van der Waals surface area contributed by atoms with Gasteiger partial charge >= 0.3 is 0 Å². The van der Waals surface area contributed by atoms with E-state index in [0.29, 0.717) is 17.0 Å². The van der Waals surface area contributed by atoms with Crippen LogP contribution in [0.5, 0.6) is 0 Å². The number of aliphatic hydroxyl groups is 1. The van der Waals surface area contributed by atoms with E-state index in [1.807, 2.05) is 50.2 Å². The molecule has 0 fully saturated rings. The van der Waals surface area contributed by atoms with Gasteiger partial charge in [0.15, 0.2) is 5.76 Å². The molecule has 4 heteroatoms. The van der Waals surface area contributed by atoms with E-state index >= 15 is 0 Å². The minimum atomic E-state index is -0.123. The van der Waals surface area contributed by atoms with Crippen LogP contribution in [0.25, 0.3) is 22.6 Å². The van der Waals surface area contributed by atoms with Crippen molar-refractivity contribution in [1.82, 2.24) is 5.16 Å². The predicted molar refractivity (Wildman–Crippen MR) is 90.5 cm³/mol. The molecule has 2 aromatic carbocycles. The Labute approximate surface area is 137 Å². The zero-order valence-corrected chi connectivity index (χ0v) is 14.0. The van der Waals surface area contributed by atoms with Gasteiger partial charge in [-0.3, -0.25) is 0 Å². The quantitative estimate of drug-likeness (QED) is 0.726. The van der Waals surface area contributed by atoms with Gasteiger partial charge in [-0.2, -0.15) is 0 Å². The van der Waals surface area contributed by atoms with Gasteiger partial charge in [0.05, 0.1) is 12.2 Å². The Morgan fingerprint density at radius 1 is 1.09 bits per heavy atom. The lowest BCUT2D eigenvalue weighted by atomic mass is 10.0. The number of benzene rings is 2. The maximum absolute atomic E-state index is 9.82. The number of aromatic nitrogens is 1. The van der Waals surface area contributed by atoms with E-state index in [4.69, 9.17) is 4.52 Å². The van der Waals surface area contributed by atoms with E-state index in [-0.39, 0.29) is 6.61 Å². The summed E-state index contributed by atoms with van der Waals surface area (Å²) in [6, 6.07) is 14.0. The molecule has 0 aliphatic heterocycles. The number of hydrogen-bond acceptors (Lipinski definition) is 3. The van der Waals surface area contributed by atoms with Crippen molar-refractivity contribution in [3.63, 3.8) is 0 Å². The second-order valence-electron chi connectivity index (χ2n) is 5.35. The van der Waals surface area contributed by atoms with E-state index in [1.165, 1.54) is 0 Å². The summed E-state index contributed by atoms with van der Waals surface area (Å²) in [5.41, 5.74) is 5.52. The Morgan fingerprint density at radius 2 is 1.77 bits per heavy atom. The first-order chi connectivity index (χ1) is 10.6. The van der Waals surface area contributed by atoms with Crippen molar-refractivity contribution in [3.8, 4) is 22.6 Å². The molecule has 0 saturated carbocycles. The van der Waals surface area contributed by atoms with Crippen LogP contribution in [0.15, 0.2) is 51.5 Å². The molecule has 3 aromatic rings. The first kappa shape index (κ1) is 15.0. The second-order valence-corrected chi connectivity index (χ2v) is 6.21. The molecule has 0 aliphatic carbocycles. The fourth-order valence-corrected chi connectivity index (χ4v) is 3.13. The lowest BCUT2D eigenvalue weighted by Gasteiger charge is -2.05. The Bertz CT molecular complexity index is 803. The molecule has 0 saturated heterocycles. The summed E-state index contributed by atoms with van der Waals surface area (Å²) in [6.07, 6.45) is 0. The maximum atomic E-state index is 9.82. The van der Waals surface area contributed by atoms with Crippen LogP contribution < -0.4 is 0 Å². The number of nitrogens with zero attached hydrogens (tertiary/aromatic N) is 1. The molecule has 0 spiro atoms. The predicted octanol–water partition coefficient (Wildman–Crippen LogP) is 4.88. The summed E-state index contributed by atoms with van der Waals surface area (Å²) in [5, 5.41) is 14.0. The zero-order chi connectivity index (χ0) is 15.7. The maximum Gasteiger partial charge on any atom is 0.173 e. The van der Waals surface area contributed by atoms with E-state index < -0.39 is 0 Å². The summed E-state index contributed by atoms with van der Waals surface area (Å²) >= 11 is 3.52. The molecule has 0 radical (unpaired) electrons. The van der Waals surface area contributed by atoms with Gasteiger partial charge in [0.1, 0.15) is 5.69 Å². The third-order valence-electron chi connectivity index (χ3n) is 3.56. The highest BCUT2D eigenvalue weighted by Crippen LogP contribution is 2.36. The molecular weight excluding hydrogens is 342 g/mol. The van der Waals surface area contributed by atoms with E-state index in [1.54, 1.807) is 0 Å². The summed E-state index contributed by atoms with van der Waals surface area (Å²) in [5.74, 6) is 0.625. The average molecular weight is 358 g/mol. The molecule has 0 bridgehead atoms. The summed E-state index contributed by atoms with van der Waals surface area (Å²) in [4.78, 5) is 0. The topological polar surface area (TPSA) is 46.3 Å². The number of rotatable bonds is 3. The van der Waals surface area contributed by atoms with Crippen molar-refractivity contribution in [2.75, 3.05) is 0 Å². The standard InChI is InChI=1S/C18H16BrNO2/c1-11-7-12(2)9-13(8-11)18-15(10-21)17(20-22-18)14-5-3-4-6-16(14)19/h3-9,21H,10H2,1-2H3. The van der Waals surface area contributed by atoms with Gasteiger partial charge in [-0.1, -0.05) is 56.5 Å². The van der Waals surface area contributed by atoms with Crippen LogP contribution in [0.3, 0.4) is 0 Å². The van der Waals surface area contributed by atoms with E-state index in [9.17, 15) is 5.11 Å². The van der Waals surface area contributed by atoms with Crippen LogP contribution in [0.4, 0.5) is 0 Å². The van der Waals surface area contributed by atoms with Gasteiger partial charge in [-0.25, -0.2) is 0 Å². The second kappa shape index (κ2) is 6.07. The molecule has 1 aromatic heterocycles. The fraction of sp³-hybridized carbons (Fsp3) is 0.167. The van der Waals surface area contributed by atoms with Crippen molar-refractivity contribution < 1.29 is 9.63 Å². The van der Waals surface area contributed by atoms with E-state index in [2.05, 4.69) is 27.2 Å². The highest BCUT2D eigenvalue weighted by atomic mass is 79.9.